The van der Waals surface area contributed by atoms with E-state index in [1.54, 1.807) is 18.2 Å². The Hall–Kier alpha value is -1.61. The fraction of sp³-hybridized carbons (Fsp3) is 0.0833. The first kappa shape index (κ1) is 10.9. The summed E-state index contributed by atoms with van der Waals surface area (Å²) in [5.41, 5.74) is 1.56. The lowest BCUT2D eigenvalue weighted by molar-refractivity contribution is 0.399. The van der Waals surface area contributed by atoms with Crippen molar-refractivity contribution in [3.63, 3.8) is 0 Å². The quantitative estimate of drug-likeness (QED) is 0.797. The first-order chi connectivity index (χ1) is 7.70. The van der Waals surface area contributed by atoms with Gasteiger partial charge in [0.05, 0.1) is 12.1 Å². The van der Waals surface area contributed by atoms with Crippen molar-refractivity contribution in [1.82, 2.24) is 4.98 Å². The Morgan fingerprint density at radius 1 is 1.25 bits per heavy atom. The Labute approximate surface area is 97.7 Å². The van der Waals surface area contributed by atoms with E-state index in [0.29, 0.717) is 10.9 Å². The van der Waals surface area contributed by atoms with Crippen LogP contribution in [0.25, 0.3) is 11.1 Å². The SMILES string of the molecule is COc1ncc(Cl)cc1-c1ccc(F)cc1. The van der Waals surface area contributed by atoms with E-state index < -0.39 is 0 Å². The summed E-state index contributed by atoms with van der Waals surface area (Å²) >= 11 is 5.86. The van der Waals surface area contributed by atoms with Gasteiger partial charge in [-0.25, -0.2) is 9.37 Å². The van der Waals surface area contributed by atoms with Crippen molar-refractivity contribution in [1.29, 1.82) is 0 Å². The van der Waals surface area contributed by atoms with Gasteiger partial charge in [-0.15, -0.1) is 0 Å². The van der Waals surface area contributed by atoms with E-state index in [9.17, 15) is 4.39 Å². The molecule has 2 rings (SSSR count). The highest BCUT2D eigenvalue weighted by Gasteiger charge is 2.07. The minimum atomic E-state index is -0.280. The molecule has 82 valence electrons. The molecule has 0 fully saturated rings. The smallest absolute Gasteiger partial charge is 0.221 e. The molecule has 4 heteroatoms. The number of ether oxygens (including phenoxy) is 1. The second kappa shape index (κ2) is 4.49. The van der Waals surface area contributed by atoms with E-state index in [-0.39, 0.29) is 5.82 Å². The van der Waals surface area contributed by atoms with Crippen LogP contribution < -0.4 is 4.74 Å². The Balaban J connectivity index is 2.53. The van der Waals surface area contributed by atoms with Crippen LogP contribution >= 0.6 is 11.6 Å². The summed E-state index contributed by atoms with van der Waals surface area (Å²) in [6.07, 6.45) is 1.51. The molecule has 0 aliphatic carbocycles. The largest absolute Gasteiger partial charge is 0.481 e. The third-order valence-electron chi connectivity index (χ3n) is 2.17. The maximum absolute atomic E-state index is 12.8. The van der Waals surface area contributed by atoms with Crippen LogP contribution in [0, 0.1) is 5.82 Å². The molecule has 0 aliphatic rings. The molecule has 0 aliphatic heterocycles. The van der Waals surface area contributed by atoms with Gasteiger partial charge in [0.15, 0.2) is 0 Å². The first-order valence-electron chi connectivity index (χ1n) is 4.66. The molecule has 0 saturated heterocycles. The number of nitrogens with zero attached hydrogens (tertiary/aromatic N) is 1. The zero-order chi connectivity index (χ0) is 11.5. The molecule has 0 spiro atoms. The fourth-order valence-electron chi connectivity index (χ4n) is 1.43. The fourth-order valence-corrected chi connectivity index (χ4v) is 1.58. The predicted octanol–water partition coefficient (Wildman–Crippen LogP) is 3.55. The van der Waals surface area contributed by atoms with Crippen LogP contribution in [0.4, 0.5) is 4.39 Å². The molecule has 0 N–H and O–H groups in total. The second-order valence-electron chi connectivity index (χ2n) is 3.22. The lowest BCUT2D eigenvalue weighted by atomic mass is 10.1. The minimum Gasteiger partial charge on any atom is -0.481 e. The topological polar surface area (TPSA) is 22.1 Å². The number of pyridine rings is 1. The number of aromatic nitrogens is 1. The van der Waals surface area contributed by atoms with E-state index in [2.05, 4.69) is 4.98 Å². The number of halogens is 2. The van der Waals surface area contributed by atoms with Crippen molar-refractivity contribution in [3.05, 3.63) is 47.4 Å². The van der Waals surface area contributed by atoms with Gasteiger partial charge >= 0.3 is 0 Å². The lowest BCUT2D eigenvalue weighted by Gasteiger charge is -2.07. The summed E-state index contributed by atoms with van der Waals surface area (Å²) < 4.78 is 17.9. The van der Waals surface area contributed by atoms with Gasteiger partial charge in [0, 0.05) is 11.8 Å². The summed E-state index contributed by atoms with van der Waals surface area (Å²) in [4.78, 5) is 4.05. The third kappa shape index (κ3) is 2.14. The van der Waals surface area contributed by atoms with E-state index in [4.69, 9.17) is 16.3 Å². The zero-order valence-corrected chi connectivity index (χ0v) is 9.33. The van der Waals surface area contributed by atoms with Crippen LogP contribution in [-0.2, 0) is 0 Å². The van der Waals surface area contributed by atoms with Gasteiger partial charge in [-0.05, 0) is 23.8 Å². The molecule has 1 aromatic heterocycles. The molecule has 0 saturated carbocycles. The van der Waals surface area contributed by atoms with Crippen molar-refractivity contribution in [3.8, 4) is 17.0 Å². The molecule has 0 radical (unpaired) electrons. The number of benzene rings is 1. The molecule has 0 bridgehead atoms. The van der Waals surface area contributed by atoms with Gasteiger partial charge in [0.1, 0.15) is 5.82 Å². The number of methoxy groups -OCH3 is 1. The highest BCUT2D eigenvalue weighted by molar-refractivity contribution is 6.30. The molecule has 0 atom stereocenters. The highest BCUT2D eigenvalue weighted by Crippen LogP contribution is 2.30. The van der Waals surface area contributed by atoms with Crippen molar-refractivity contribution in [2.24, 2.45) is 0 Å². The van der Waals surface area contributed by atoms with Gasteiger partial charge in [-0.1, -0.05) is 23.7 Å². The van der Waals surface area contributed by atoms with Crippen LogP contribution in [-0.4, -0.2) is 12.1 Å². The molecular weight excluding hydrogens is 229 g/mol. The highest BCUT2D eigenvalue weighted by atomic mass is 35.5. The summed E-state index contributed by atoms with van der Waals surface area (Å²) in [6.45, 7) is 0. The molecule has 0 unspecified atom stereocenters. The number of hydrogen-bond acceptors (Lipinski definition) is 2. The number of rotatable bonds is 2. The molecule has 2 nitrogen and oxygen atoms in total. The lowest BCUT2D eigenvalue weighted by Crippen LogP contribution is -1.91. The third-order valence-corrected chi connectivity index (χ3v) is 2.37. The van der Waals surface area contributed by atoms with E-state index in [1.807, 2.05) is 0 Å². The zero-order valence-electron chi connectivity index (χ0n) is 8.58. The predicted molar refractivity (Wildman–Crippen MR) is 61.2 cm³/mol. The normalized spacial score (nSPS) is 10.2. The van der Waals surface area contributed by atoms with Gasteiger partial charge in [0.25, 0.3) is 0 Å². The maximum Gasteiger partial charge on any atom is 0.221 e. The Morgan fingerprint density at radius 2 is 1.94 bits per heavy atom. The van der Waals surface area contributed by atoms with Crippen molar-refractivity contribution in [2.45, 2.75) is 0 Å². The summed E-state index contributed by atoms with van der Waals surface area (Å²) in [6, 6.07) is 7.82. The molecule has 16 heavy (non-hydrogen) atoms. The first-order valence-corrected chi connectivity index (χ1v) is 5.04. The van der Waals surface area contributed by atoms with Crippen LogP contribution in [0.3, 0.4) is 0 Å². The van der Waals surface area contributed by atoms with Crippen LogP contribution in [0.5, 0.6) is 5.88 Å². The standard InChI is InChI=1S/C12H9ClFNO/c1-16-12-11(6-9(13)7-15-12)8-2-4-10(14)5-3-8/h2-7H,1H3. The van der Waals surface area contributed by atoms with Gasteiger partial charge in [-0.3, -0.25) is 0 Å². The van der Waals surface area contributed by atoms with Crippen LogP contribution in [0.2, 0.25) is 5.02 Å². The van der Waals surface area contributed by atoms with Gasteiger partial charge in [-0.2, -0.15) is 0 Å². The molecular formula is C12H9ClFNO. The average Bonchev–Trinajstić information content (AvgIpc) is 2.30. The van der Waals surface area contributed by atoms with E-state index >= 15 is 0 Å². The molecule has 2 aromatic rings. The summed E-state index contributed by atoms with van der Waals surface area (Å²) in [5, 5.41) is 0.514. The van der Waals surface area contributed by atoms with E-state index in [1.165, 1.54) is 25.4 Å². The summed E-state index contributed by atoms with van der Waals surface area (Å²) in [5.74, 6) is 0.189. The minimum absolute atomic E-state index is 0.280. The van der Waals surface area contributed by atoms with Crippen molar-refractivity contribution in [2.75, 3.05) is 7.11 Å². The van der Waals surface area contributed by atoms with E-state index in [0.717, 1.165) is 11.1 Å². The monoisotopic (exact) mass is 237 g/mol. The molecule has 0 amide bonds. The van der Waals surface area contributed by atoms with Crippen LogP contribution in [0.1, 0.15) is 0 Å². The second-order valence-corrected chi connectivity index (χ2v) is 3.65. The van der Waals surface area contributed by atoms with Crippen molar-refractivity contribution >= 4 is 11.6 Å². The Bertz CT molecular complexity index is 499. The number of hydrogen-bond donors (Lipinski definition) is 0. The molecule has 1 heterocycles. The average molecular weight is 238 g/mol. The maximum atomic E-state index is 12.8. The molecule has 1 aromatic carbocycles. The van der Waals surface area contributed by atoms with Gasteiger partial charge in [0.2, 0.25) is 5.88 Å². The van der Waals surface area contributed by atoms with Gasteiger partial charge < -0.3 is 4.74 Å². The summed E-state index contributed by atoms with van der Waals surface area (Å²) in [7, 11) is 1.53. The van der Waals surface area contributed by atoms with Crippen molar-refractivity contribution < 1.29 is 9.13 Å². The Kier molecular flexibility index (Phi) is 3.06. The van der Waals surface area contributed by atoms with Crippen LogP contribution in [0.15, 0.2) is 36.5 Å². The Morgan fingerprint density at radius 3 is 2.56 bits per heavy atom.